The molecule has 29 heavy (non-hydrogen) atoms. The van der Waals surface area contributed by atoms with Crippen LogP contribution >= 0.6 is 0 Å². The Balaban J connectivity index is 1.70. The number of para-hydroxylation sites is 1. The number of ether oxygens (including phenoxy) is 1. The van der Waals surface area contributed by atoms with Gasteiger partial charge < -0.3 is 15.0 Å². The molecule has 0 aromatic heterocycles. The van der Waals surface area contributed by atoms with Crippen LogP contribution in [0.15, 0.2) is 42.5 Å². The maximum atomic E-state index is 13.0. The highest BCUT2D eigenvalue weighted by atomic mass is 16.5. The number of rotatable bonds is 5. The molecule has 1 saturated heterocycles. The van der Waals surface area contributed by atoms with Crippen molar-refractivity contribution in [1.29, 1.82) is 0 Å². The first-order valence-corrected chi connectivity index (χ1v) is 10.4. The lowest BCUT2D eigenvalue weighted by molar-refractivity contribution is -0.122. The Labute approximate surface area is 173 Å². The molecule has 2 amide bonds. The summed E-state index contributed by atoms with van der Waals surface area (Å²) in [5.41, 5.74) is 3.19. The first-order chi connectivity index (χ1) is 14.0. The highest BCUT2D eigenvalue weighted by Crippen LogP contribution is 2.22. The van der Waals surface area contributed by atoms with Crippen molar-refractivity contribution in [3.63, 3.8) is 0 Å². The van der Waals surface area contributed by atoms with Crippen LogP contribution in [0.4, 0.5) is 5.69 Å². The zero-order chi connectivity index (χ0) is 20.8. The Bertz CT molecular complexity index is 870. The van der Waals surface area contributed by atoms with Gasteiger partial charge in [-0.1, -0.05) is 42.7 Å². The molecular weight excluding hydrogens is 364 g/mol. The van der Waals surface area contributed by atoms with Crippen LogP contribution in [-0.4, -0.2) is 35.9 Å². The topological polar surface area (TPSA) is 58.6 Å². The summed E-state index contributed by atoms with van der Waals surface area (Å²) in [5, 5.41) is 2.89. The zero-order valence-electron chi connectivity index (χ0n) is 17.5. The minimum Gasteiger partial charge on any atom is -0.481 e. The maximum absolute atomic E-state index is 13.0. The number of nitrogens with one attached hydrogen (secondary N) is 1. The van der Waals surface area contributed by atoms with Crippen molar-refractivity contribution in [3.8, 4) is 5.75 Å². The van der Waals surface area contributed by atoms with Gasteiger partial charge in [0.2, 0.25) is 0 Å². The number of amides is 2. The highest BCUT2D eigenvalue weighted by molar-refractivity contribution is 6.04. The molecule has 3 rings (SSSR count). The molecule has 0 spiro atoms. The van der Waals surface area contributed by atoms with Crippen LogP contribution in [0.1, 0.15) is 54.1 Å². The largest absolute Gasteiger partial charge is 0.481 e. The smallest absolute Gasteiger partial charge is 0.265 e. The van der Waals surface area contributed by atoms with Crippen molar-refractivity contribution < 1.29 is 14.3 Å². The van der Waals surface area contributed by atoms with Crippen molar-refractivity contribution in [2.75, 3.05) is 18.4 Å². The number of anilines is 1. The number of benzene rings is 2. The second-order valence-corrected chi connectivity index (χ2v) is 7.77. The molecule has 0 saturated carbocycles. The zero-order valence-corrected chi connectivity index (χ0v) is 17.5. The van der Waals surface area contributed by atoms with Gasteiger partial charge in [-0.05, 0) is 57.4 Å². The van der Waals surface area contributed by atoms with Gasteiger partial charge in [-0.25, -0.2) is 0 Å². The summed E-state index contributed by atoms with van der Waals surface area (Å²) < 4.78 is 5.86. The average Bonchev–Trinajstić information content (AvgIpc) is 2.99. The van der Waals surface area contributed by atoms with Crippen molar-refractivity contribution in [3.05, 3.63) is 59.2 Å². The summed E-state index contributed by atoms with van der Waals surface area (Å²) in [7, 11) is 0. The van der Waals surface area contributed by atoms with E-state index >= 15 is 0 Å². The van der Waals surface area contributed by atoms with Crippen LogP contribution in [0.5, 0.6) is 5.75 Å². The monoisotopic (exact) mass is 394 g/mol. The lowest BCUT2D eigenvalue weighted by atomic mass is 10.1. The lowest BCUT2D eigenvalue weighted by Crippen LogP contribution is -2.34. The van der Waals surface area contributed by atoms with Crippen molar-refractivity contribution in [2.24, 2.45) is 0 Å². The highest BCUT2D eigenvalue weighted by Gasteiger charge is 2.22. The van der Waals surface area contributed by atoms with Crippen molar-refractivity contribution in [1.82, 2.24) is 4.90 Å². The summed E-state index contributed by atoms with van der Waals surface area (Å²) in [6, 6.07) is 13.1. The molecule has 2 aromatic rings. The fraction of sp³-hybridized carbons (Fsp3) is 0.417. The Morgan fingerprint density at radius 3 is 2.38 bits per heavy atom. The van der Waals surface area contributed by atoms with Crippen LogP contribution in [-0.2, 0) is 4.79 Å². The Hall–Kier alpha value is -2.82. The second kappa shape index (κ2) is 9.59. The minimum absolute atomic E-state index is 0.0225. The summed E-state index contributed by atoms with van der Waals surface area (Å²) in [6.45, 7) is 7.24. The molecule has 0 bridgehead atoms. The van der Waals surface area contributed by atoms with E-state index in [4.69, 9.17) is 4.74 Å². The molecule has 2 aromatic carbocycles. The third-order valence-corrected chi connectivity index (χ3v) is 5.31. The molecule has 1 fully saturated rings. The van der Waals surface area contributed by atoms with E-state index in [1.807, 2.05) is 49.1 Å². The summed E-state index contributed by atoms with van der Waals surface area (Å²) in [5.74, 6) is 0.388. The standard InChI is InChI=1S/C24H30N2O3/c1-17-12-13-22(18(2)16-17)29-19(3)23(27)25-21-11-7-6-10-20(21)24(28)26-14-8-4-5-9-15-26/h6-7,10-13,16,19H,4-5,8-9,14-15H2,1-3H3,(H,25,27)/t19-/m0/s1. The molecular formula is C24H30N2O3. The fourth-order valence-electron chi connectivity index (χ4n) is 3.63. The lowest BCUT2D eigenvalue weighted by Gasteiger charge is -2.22. The summed E-state index contributed by atoms with van der Waals surface area (Å²) in [6.07, 6.45) is 3.70. The van der Waals surface area contributed by atoms with Gasteiger partial charge in [-0.3, -0.25) is 9.59 Å². The van der Waals surface area contributed by atoms with Crippen LogP contribution in [0.3, 0.4) is 0 Å². The van der Waals surface area contributed by atoms with Gasteiger partial charge in [0.25, 0.3) is 11.8 Å². The molecule has 0 radical (unpaired) electrons. The molecule has 1 N–H and O–H groups in total. The van der Waals surface area contributed by atoms with E-state index in [9.17, 15) is 9.59 Å². The number of carbonyl (C=O) groups excluding carboxylic acids is 2. The van der Waals surface area contributed by atoms with E-state index in [-0.39, 0.29) is 11.8 Å². The molecule has 0 aliphatic carbocycles. The van der Waals surface area contributed by atoms with E-state index in [1.54, 1.807) is 19.1 Å². The molecule has 5 heteroatoms. The number of hydrogen-bond acceptors (Lipinski definition) is 3. The normalized spacial score (nSPS) is 15.3. The number of aryl methyl sites for hydroxylation is 2. The molecule has 1 aliphatic heterocycles. The molecule has 1 atom stereocenters. The first kappa shape index (κ1) is 20.9. The fourth-order valence-corrected chi connectivity index (χ4v) is 3.63. The van der Waals surface area contributed by atoms with E-state index in [1.165, 1.54) is 0 Å². The Kier molecular flexibility index (Phi) is 6.91. The van der Waals surface area contributed by atoms with E-state index < -0.39 is 6.10 Å². The molecule has 154 valence electrons. The number of carbonyl (C=O) groups is 2. The van der Waals surface area contributed by atoms with Crippen LogP contribution in [0.2, 0.25) is 0 Å². The summed E-state index contributed by atoms with van der Waals surface area (Å²) in [4.78, 5) is 27.7. The average molecular weight is 395 g/mol. The van der Waals surface area contributed by atoms with Crippen LogP contribution in [0, 0.1) is 13.8 Å². The van der Waals surface area contributed by atoms with Gasteiger partial charge in [-0.2, -0.15) is 0 Å². The van der Waals surface area contributed by atoms with Gasteiger partial charge in [0, 0.05) is 13.1 Å². The molecule has 0 unspecified atom stereocenters. The maximum Gasteiger partial charge on any atom is 0.265 e. The van der Waals surface area contributed by atoms with Gasteiger partial charge in [0.15, 0.2) is 6.10 Å². The Morgan fingerprint density at radius 2 is 1.69 bits per heavy atom. The number of likely N-dealkylation sites (tertiary alicyclic amines) is 1. The SMILES string of the molecule is Cc1ccc(O[C@@H](C)C(=O)Nc2ccccc2C(=O)N2CCCCCC2)c(C)c1. The minimum atomic E-state index is -0.683. The number of nitrogens with zero attached hydrogens (tertiary/aromatic N) is 1. The second-order valence-electron chi connectivity index (χ2n) is 7.77. The Morgan fingerprint density at radius 1 is 1.00 bits per heavy atom. The van der Waals surface area contributed by atoms with Gasteiger partial charge in [0.05, 0.1) is 11.3 Å². The van der Waals surface area contributed by atoms with Crippen molar-refractivity contribution >= 4 is 17.5 Å². The van der Waals surface area contributed by atoms with E-state index in [0.717, 1.165) is 49.9 Å². The van der Waals surface area contributed by atoms with Gasteiger partial charge >= 0.3 is 0 Å². The van der Waals surface area contributed by atoms with Gasteiger partial charge in [-0.15, -0.1) is 0 Å². The predicted molar refractivity (Wildman–Crippen MR) is 115 cm³/mol. The third kappa shape index (κ3) is 5.37. The molecule has 1 aliphatic rings. The molecule has 1 heterocycles. The summed E-state index contributed by atoms with van der Waals surface area (Å²) >= 11 is 0. The quantitative estimate of drug-likeness (QED) is 0.798. The van der Waals surface area contributed by atoms with E-state index in [2.05, 4.69) is 5.32 Å². The van der Waals surface area contributed by atoms with Crippen LogP contribution < -0.4 is 10.1 Å². The molecule has 5 nitrogen and oxygen atoms in total. The third-order valence-electron chi connectivity index (χ3n) is 5.31. The van der Waals surface area contributed by atoms with Gasteiger partial charge in [0.1, 0.15) is 5.75 Å². The van der Waals surface area contributed by atoms with Crippen molar-refractivity contribution in [2.45, 2.75) is 52.6 Å². The first-order valence-electron chi connectivity index (χ1n) is 10.4. The van der Waals surface area contributed by atoms with Crippen LogP contribution in [0.25, 0.3) is 0 Å². The predicted octanol–water partition coefficient (Wildman–Crippen LogP) is 4.73. The number of hydrogen-bond donors (Lipinski definition) is 1. The van der Waals surface area contributed by atoms with E-state index in [0.29, 0.717) is 17.0 Å².